The summed E-state index contributed by atoms with van der Waals surface area (Å²) in [6.45, 7) is 2.41. The molecule has 0 aliphatic carbocycles. The molecule has 2 aromatic heterocycles. The molecule has 0 aliphatic rings. The van der Waals surface area contributed by atoms with Gasteiger partial charge in [0.1, 0.15) is 5.82 Å². The second-order valence-electron chi connectivity index (χ2n) is 4.69. The predicted octanol–water partition coefficient (Wildman–Crippen LogP) is 1.77. The summed E-state index contributed by atoms with van der Waals surface area (Å²) < 4.78 is 0. The zero-order valence-corrected chi connectivity index (χ0v) is 12.7. The molecular formula is C14H18N4OS. The van der Waals surface area contributed by atoms with Crippen LogP contribution >= 0.6 is 11.3 Å². The number of nitrogens with zero attached hydrogens (tertiary/aromatic N) is 3. The van der Waals surface area contributed by atoms with Gasteiger partial charge >= 0.3 is 0 Å². The Morgan fingerprint density at radius 3 is 2.90 bits per heavy atom. The molecule has 0 bridgehead atoms. The minimum atomic E-state index is -0.0242. The molecule has 2 aromatic rings. The Morgan fingerprint density at radius 1 is 1.45 bits per heavy atom. The zero-order valence-electron chi connectivity index (χ0n) is 11.9. The van der Waals surface area contributed by atoms with Crippen LogP contribution in [-0.4, -0.2) is 30.0 Å². The first-order valence-corrected chi connectivity index (χ1v) is 7.23. The molecule has 5 nitrogen and oxygen atoms in total. The minimum absolute atomic E-state index is 0.0242. The molecule has 6 heteroatoms. The van der Waals surface area contributed by atoms with Gasteiger partial charge < -0.3 is 10.2 Å². The summed E-state index contributed by atoms with van der Waals surface area (Å²) in [5, 5.41) is 5.81. The fourth-order valence-corrected chi connectivity index (χ4v) is 2.49. The van der Waals surface area contributed by atoms with Gasteiger partial charge in [0.05, 0.1) is 17.1 Å². The predicted molar refractivity (Wildman–Crippen MR) is 81.0 cm³/mol. The Labute approximate surface area is 122 Å². The van der Waals surface area contributed by atoms with E-state index in [1.807, 2.05) is 43.4 Å². The molecule has 20 heavy (non-hydrogen) atoms. The average molecular weight is 290 g/mol. The summed E-state index contributed by atoms with van der Waals surface area (Å²) in [7, 11) is 3.87. The quantitative estimate of drug-likeness (QED) is 0.912. The number of aryl methyl sites for hydroxylation is 1. The normalized spacial score (nSPS) is 10.3. The molecule has 0 atom stereocenters. The summed E-state index contributed by atoms with van der Waals surface area (Å²) in [5.41, 5.74) is 1.82. The standard InChI is InChI=1S/C14H18N4OS/c1-10-17-12(9-20-10)7-13(19)16-8-11-5-4-6-15-14(11)18(2)3/h4-6,9H,7-8H2,1-3H3,(H,16,19). The molecule has 0 saturated carbocycles. The number of carbonyl (C=O) groups excluding carboxylic acids is 1. The van der Waals surface area contributed by atoms with Crippen molar-refractivity contribution in [2.24, 2.45) is 0 Å². The van der Waals surface area contributed by atoms with Crippen LogP contribution in [0.15, 0.2) is 23.7 Å². The van der Waals surface area contributed by atoms with Crippen LogP contribution in [0.3, 0.4) is 0 Å². The zero-order chi connectivity index (χ0) is 14.5. The van der Waals surface area contributed by atoms with Gasteiger partial charge in [0.15, 0.2) is 0 Å². The van der Waals surface area contributed by atoms with Crippen LogP contribution in [0.4, 0.5) is 5.82 Å². The molecule has 106 valence electrons. The van der Waals surface area contributed by atoms with Gasteiger partial charge in [0.2, 0.25) is 5.91 Å². The number of hydrogen-bond acceptors (Lipinski definition) is 5. The first-order chi connectivity index (χ1) is 9.56. The fourth-order valence-electron chi connectivity index (χ4n) is 1.88. The largest absolute Gasteiger partial charge is 0.362 e. The number of pyridine rings is 1. The third-order valence-corrected chi connectivity index (χ3v) is 3.60. The highest BCUT2D eigenvalue weighted by Crippen LogP contribution is 2.14. The molecule has 0 radical (unpaired) electrons. The van der Waals surface area contributed by atoms with Crippen molar-refractivity contribution < 1.29 is 4.79 Å². The third kappa shape index (κ3) is 3.77. The van der Waals surface area contributed by atoms with Gasteiger partial charge in [-0.3, -0.25) is 4.79 Å². The van der Waals surface area contributed by atoms with Crippen LogP contribution < -0.4 is 10.2 Å². The van der Waals surface area contributed by atoms with Gasteiger partial charge in [0, 0.05) is 37.8 Å². The summed E-state index contributed by atoms with van der Waals surface area (Å²) in [4.78, 5) is 22.4. The van der Waals surface area contributed by atoms with E-state index in [1.54, 1.807) is 17.5 Å². The maximum Gasteiger partial charge on any atom is 0.226 e. The highest BCUT2D eigenvalue weighted by atomic mass is 32.1. The van der Waals surface area contributed by atoms with E-state index in [0.29, 0.717) is 13.0 Å². The summed E-state index contributed by atoms with van der Waals surface area (Å²) in [6.07, 6.45) is 2.07. The second kappa shape index (κ2) is 6.47. The first kappa shape index (κ1) is 14.5. The van der Waals surface area contributed by atoms with E-state index in [9.17, 15) is 4.79 Å². The number of hydrogen-bond donors (Lipinski definition) is 1. The maximum absolute atomic E-state index is 11.9. The van der Waals surface area contributed by atoms with Crippen molar-refractivity contribution in [2.75, 3.05) is 19.0 Å². The number of thiazole rings is 1. The molecule has 0 fully saturated rings. The van der Waals surface area contributed by atoms with Crippen molar-refractivity contribution in [1.29, 1.82) is 0 Å². The number of carbonyl (C=O) groups is 1. The lowest BCUT2D eigenvalue weighted by atomic mass is 10.2. The first-order valence-electron chi connectivity index (χ1n) is 6.35. The van der Waals surface area contributed by atoms with Gasteiger partial charge in [-0.1, -0.05) is 6.07 Å². The Hall–Kier alpha value is -1.95. The van der Waals surface area contributed by atoms with E-state index in [4.69, 9.17) is 0 Å². The van der Waals surface area contributed by atoms with E-state index >= 15 is 0 Å². The summed E-state index contributed by atoms with van der Waals surface area (Å²) >= 11 is 1.56. The summed E-state index contributed by atoms with van der Waals surface area (Å²) in [5.74, 6) is 0.848. The molecular weight excluding hydrogens is 272 g/mol. The van der Waals surface area contributed by atoms with Crippen molar-refractivity contribution in [2.45, 2.75) is 19.9 Å². The lowest BCUT2D eigenvalue weighted by Gasteiger charge is -2.16. The fraction of sp³-hybridized carbons (Fsp3) is 0.357. The van der Waals surface area contributed by atoms with E-state index < -0.39 is 0 Å². The van der Waals surface area contributed by atoms with Crippen molar-refractivity contribution in [3.8, 4) is 0 Å². The number of amides is 1. The molecule has 0 aliphatic heterocycles. The van der Waals surface area contributed by atoms with E-state index in [0.717, 1.165) is 22.1 Å². The van der Waals surface area contributed by atoms with Gasteiger partial charge in [-0.25, -0.2) is 9.97 Å². The Kier molecular flexibility index (Phi) is 4.68. The van der Waals surface area contributed by atoms with E-state index in [-0.39, 0.29) is 5.91 Å². The van der Waals surface area contributed by atoms with Crippen molar-refractivity contribution >= 4 is 23.1 Å². The maximum atomic E-state index is 11.9. The molecule has 0 saturated heterocycles. The van der Waals surface area contributed by atoms with Crippen LogP contribution in [0, 0.1) is 6.92 Å². The Balaban J connectivity index is 1.93. The number of anilines is 1. The molecule has 2 rings (SSSR count). The lowest BCUT2D eigenvalue weighted by molar-refractivity contribution is -0.120. The lowest BCUT2D eigenvalue weighted by Crippen LogP contribution is -2.26. The SMILES string of the molecule is Cc1nc(CC(=O)NCc2cccnc2N(C)C)cs1. The van der Waals surface area contributed by atoms with Crippen LogP contribution in [0.1, 0.15) is 16.3 Å². The van der Waals surface area contributed by atoms with Gasteiger partial charge in [0.25, 0.3) is 0 Å². The molecule has 1 N–H and O–H groups in total. The van der Waals surface area contributed by atoms with Crippen molar-refractivity contribution in [3.63, 3.8) is 0 Å². The number of aromatic nitrogens is 2. The van der Waals surface area contributed by atoms with Gasteiger partial charge in [-0.05, 0) is 13.0 Å². The van der Waals surface area contributed by atoms with E-state index in [2.05, 4.69) is 15.3 Å². The third-order valence-electron chi connectivity index (χ3n) is 2.78. The molecule has 0 spiro atoms. The highest BCUT2D eigenvalue weighted by molar-refractivity contribution is 7.09. The number of rotatable bonds is 5. The van der Waals surface area contributed by atoms with Crippen LogP contribution in [-0.2, 0) is 17.8 Å². The van der Waals surface area contributed by atoms with Crippen LogP contribution in [0.5, 0.6) is 0 Å². The smallest absolute Gasteiger partial charge is 0.226 e. The van der Waals surface area contributed by atoms with Gasteiger partial charge in [-0.2, -0.15) is 0 Å². The van der Waals surface area contributed by atoms with Crippen molar-refractivity contribution in [3.05, 3.63) is 40.0 Å². The second-order valence-corrected chi connectivity index (χ2v) is 5.75. The highest BCUT2D eigenvalue weighted by Gasteiger charge is 2.09. The van der Waals surface area contributed by atoms with Crippen molar-refractivity contribution in [1.82, 2.24) is 15.3 Å². The molecule has 1 amide bonds. The Bertz CT molecular complexity index is 594. The molecule has 0 aromatic carbocycles. The number of nitrogens with one attached hydrogen (secondary N) is 1. The minimum Gasteiger partial charge on any atom is -0.362 e. The van der Waals surface area contributed by atoms with Gasteiger partial charge in [-0.15, -0.1) is 11.3 Å². The average Bonchev–Trinajstić information content (AvgIpc) is 2.82. The van der Waals surface area contributed by atoms with Crippen LogP contribution in [0.25, 0.3) is 0 Å². The Morgan fingerprint density at radius 2 is 2.25 bits per heavy atom. The topological polar surface area (TPSA) is 58.1 Å². The van der Waals surface area contributed by atoms with E-state index in [1.165, 1.54) is 0 Å². The molecule has 2 heterocycles. The summed E-state index contributed by atoms with van der Waals surface area (Å²) in [6, 6.07) is 3.84. The van der Waals surface area contributed by atoms with Crippen LogP contribution in [0.2, 0.25) is 0 Å². The molecule has 0 unspecified atom stereocenters. The monoisotopic (exact) mass is 290 g/mol.